The molecule has 0 bridgehead atoms. The van der Waals surface area contributed by atoms with Crippen LogP contribution in [0.1, 0.15) is 24.3 Å². The zero-order valence-electron chi connectivity index (χ0n) is 8.28. The molecule has 72 valence electrons. The Morgan fingerprint density at radius 1 is 1.62 bits per heavy atom. The van der Waals surface area contributed by atoms with Crippen LogP contribution in [0.25, 0.3) is 0 Å². The molecule has 3 heteroatoms. The zero-order valence-corrected chi connectivity index (χ0v) is 9.10. The van der Waals surface area contributed by atoms with Crippen LogP contribution in [0, 0.1) is 0 Å². The van der Waals surface area contributed by atoms with E-state index in [2.05, 4.69) is 0 Å². The van der Waals surface area contributed by atoms with Crippen LogP contribution in [0.2, 0.25) is 0 Å². The van der Waals surface area contributed by atoms with Crippen LogP contribution < -0.4 is 0 Å². The van der Waals surface area contributed by atoms with E-state index in [4.69, 9.17) is 0 Å². The highest BCUT2D eigenvalue weighted by Gasteiger charge is 2.21. The second kappa shape index (κ2) is 4.53. The summed E-state index contributed by atoms with van der Waals surface area (Å²) in [5, 5.41) is 2.01. The predicted octanol–water partition coefficient (Wildman–Crippen LogP) is 2.33. The molecule has 1 rings (SSSR count). The summed E-state index contributed by atoms with van der Waals surface area (Å²) in [6.07, 6.45) is 0.598. The lowest BCUT2D eigenvalue weighted by molar-refractivity contribution is -0.123. The largest absolute Gasteiger partial charge is 0.298 e. The van der Waals surface area contributed by atoms with Crippen molar-refractivity contribution in [2.45, 2.75) is 19.4 Å². The van der Waals surface area contributed by atoms with Crippen molar-refractivity contribution in [3.63, 3.8) is 0 Å². The smallest absolute Gasteiger partial charge is 0.155 e. The molecule has 0 N–H and O–H groups in total. The van der Waals surface area contributed by atoms with E-state index in [0.717, 1.165) is 4.88 Å². The van der Waals surface area contributed by atoms with Gasteiger partial charge < -0.3 is 0 Å². The molecular formula is C10H15NOS. The Kier molecular flexibility index (Phi) is 3.63. The molecule has 0 aromatic carbocycles. The number of Topliss-reactive ketones (excluding diaryl/α,β-unsaturated/α-hetero) is 1. The van der Waals surface area contributed by atoms with Crippen LogP contribution >= 0.6 is 11.3 Å². The Labute approximate surface area is 83.2 Å². The molecule has 0 saturated heterocycles. The lowest BCUT2D eigenvalue weighted by Crippen LogP contribution is -2.26. The molecule has 0 saturated carbocycles. The first-order valence-electron chi connectivity index (χ1n) is 4.39. The van der Waals surface area contributed by atoms with Crippen molar-refractivity contribution in [1.29, 1.82) is 0 Å². The highest BCUT2D eigenvalue weighted by atomic mass is 32.1. The monoisotopic (exact) mass is 197 g/mol. The van der Waals surface area contributed by atoms with Gasteiger partial charge in [-0.1, -0.05) is 13.0 Å². The topological polar surface area (TPSA) is 20.3 Å². The summed E-state index contributed by atoms with van der Waals surface area (Å²) < 4.78 is 0. The van der Waals surface area contributed by atoms with E-state index >= 15 is 0 Å². The highest BCUT2D eigenvalue weighted by molar-refractivity contribution is 7.10. The average Bonchev–Trinajstić information content (AvgIpc) is 2.56. The molecule has 2 nitrogen and oxygen atoms in total. The van der Waals surface area contributed by atoms with Gasteiger partial charge in [0.2, 0.25) is 0 Å². The van der Waals surface area contributed by atoms with Crippen LogP contribution in [0.15, 0.2) is 17.5 Å². The number of likely N-dealkylation sites (N-methyl/N-ethyl adjacent to an activating group) is 1. The van der Waals surface area contributed by atoms with Crippen LogP contribution in [0.4, 0.5) is 0 Å². The van der Waals surface area contributed by atoms with E-state index in [1.165, 1.54) is 0 Å². The van der Waals surface area contributed by atoms with Crippen molar-refractivity contribution in [2.75, 3.05) is 14.1 Å². The van der Waals surface area contributed by atoms with Crippen molar-refractivity contribution in [1.82, 2.24) is 4.90 Å². The molecule has 0 fully saturated rings. The van der Waals surface area contributed by atoms with Gasteiger partial charge in [-0.05, 0) is 25.5 Å². The van der Waals surface area contributed by atoms with Crippen molar-refractivity contribution in [2.24, 2.45) is 0 Å². The Morgan fingerprint density at radius 2 is 2.31 bits per heavy atom. The summed E-state index contributed by atoms with van der Waals surface area (Å²) in [5.41, 5.74) is 0. The third-order valence-electron chi connectivity index (χ3n) is 1.98. The van der Waals surface area contributed by atoms with Crippen molar-refractivity contribution < 1.29 is 4.79 Å². The molecule has 1 atom stereocenters. The predicted molar refractivity (Wildman–Crippen MR) is 56.0 cm³/mol. The second-order valence-corrected chi connectivity index (χ2v) is 4.18. The lowest BCUT2D eigenvalue weighted by atomic mass is 10.1. The molecule has 0 aliphatic rings. The zero-order chi connectivity index (χ0) is 9.84. The van der Waals surface area contributed by atoms with Gasteiger partial charge in [0.15, 0.2) is 5.78 Å². The van der Waals surface area contributed by atoms with E-state index in [-0.39, 0.29) is 11.8 Å². The number of carbonyl (C=O) groups is 1. The minimum atomic E-state index is -0.0509. The number of rotatable bonds is 4. The van der Waals surface area contributed by atoms with Gasteiger partial charge in [-0.2, -0.15) is 0 Å². The summed E-state index contributed by atoms with van der Waals surface area (Å²) in [4.78, 5) is 14.7. The molecule has 0 spiro atoms. The maximum absolute atomic E-state index is 11.6. The molecule has 13 heavy (non-hydrogen) atoms. The van der Waals surface area contributed by atoms with Gasteiger partial charge in [0.05, 0.1) is 0 Å². The summed E-state index contributed by atoms with van der Waals surface area (Å²) in [6, 6.07) is 3.95. The summed E-state index contributed by atoms with van der Waals surface area (Å²) >= 11 is 1.64. The molecule has 0 aliphatic carbocycles. The Balaban J connectivity index is 2.87. The summed E-state index contributed by atoms with van der Waals surface area (Å²) in [7, 11) is 3.88. The van der Waals surface area contributed by atoms with Crippen LogP contribution in [0.3, 0.4) is 0 Å². The van der Waals surface area contributed by atoms with E-state index < -0.39 is 0 Å². The molecule has 0 amide bonds. The van der Waals surface area contributed by atoms with E-state index in [0.29, 0.717) is 6.42 Å². The summed E-state index contributed by atoms with van der Waals surface area (Å²) in [6.45, 7) is 1.91. The maximum Gasteiger partial charge on any atom is 0.155 e. The van der Waals surface area contributed by atoms with Crippen LogP contribution in [-0.2, 0) is 4.79 Å². The second-order valence-electron chi connectivity index (χ2n) is 3.20. The van der Waals surface area contributed by atoms with Gasteiger partial charge in [-0.15, -0.1) is 11.3 Å². The molecule has 0 radical (unpaired) electrons. The van der Waals surface area contributed by atoms with Crippen molar-refractivity contribution in [3.05, 3.63) is 22.4 Å². The van der Waals surface area contributed by atoms with Gasteiger partial charge in [-0.3, -0.25) is 9.69 Å². The minimum Gasteiger partial charge on any atom is -0.298 e. The number of nitrogens with zero attached hydrogens (tertiary/aromatic N) is 1. The number of thiophene rings is 1. The molecule has 1 aromatic heterocycles. The fourth-order valence-corrected chi connectivity index (χ4v) is 2.28. The normalized spacial score (nSPS) is 13.2. The van der Waals surface area contributed by atoms with Crippen LogP contribution in [-0.4, -0.2) is 24.8 Å². The molecule has 1 unspecified atom stereocenters. The van der Waals surface area contributed by atoms with Gasteiger partial charge in [-0.25, -0.2) is 0 Å². The fourth-order valence-electron chi connectivity index (χ4n) is 1.34. The lowest BCUT2D eigenvalue weighted by Gasteiger charge is -2.21. The number of ketones is 1. The van der Waals surface area contributed by atoms with Crippen molar-refractivity contribution >= 4 is 17.1 Å². The van der Waals surface area contributed by atoms with Gasteiger partial charge in [0, 0.05) is 11.3 Å². The SMILES string of the molecule is CCC(=O)C(c1cccs1)N(C)C. The third-order valence-corrected chi connectivity index (χ3v) is 2.91. The van der Waals surface area contributed by atoms with Gasteiger partial charge >= 0.3 is 0 Å². The molecular weight excluding hydrogens is 182 g/mol. The summed E-state index contributed by atoms with van der Waals surface area (Å²) in [5.74, 6) is 0.285. The van der Waals surface area contributed by atoms with E-state index in [9.17, 15) is 4.79 Å². The van der Waals surface area contributed by atoms with Gasteiger partial charge in [0.25, 0.3) is 0 Å². The van der Waals surface area contributed by atoms with Gasteiger partial charge in [0.1, 0.15) is 6.04 Å². The number of hydrogen-bond donors (Lipinski definition) is 0. The quantitative estimate of drug-likeness (QED) is 0.738. The molecule has 1 heterocycles. The maximum atomic E-state index is 11.6. The number of carbonyl (C=O) groups excluding carboxylic acids is 1. The highest BCUT2D eigenvalue weighted by Crippen LogP contribution is 2.24. The minimum absolute atomic E-state index is 0.0509. The van der Waals surface area contributed by atoms with E-state index in [1.807, 2.05) is 43.4 Å². The third kappa shape index (κ3) is 2.39. The molecule has 1 aromatic rings. The first kappa shape index (κ1) is 10.4. The Morgan fingerprint density at radius 3 is 2.69 bits per heavy atom. The van der Waals surface area contributed by atoms with E-state index in [1.54, 1.807) is 11.3 Å². The Bertz CT molecular complexity index is 266. The molecule has 0 aliphatic heterocycles. The Hall–Kier alpha value is -0.670. The standard InChI is InChI=1S/C10H15NOS/c1-4-8(12)10(11(2)3)9-6-5-7-13-9/h5-7,10H,4H2,1-3H3. The first-order valence-corrected chi connectivity index (χ1v) is 5.27. The fraction of sp³-hybridized carbons (Fsp3) is 0.500. The van der Waals surface area contributed by atoms with Crippen LogP contribution in [0.5, 0.6) is 0 Å². The first-order chi connectivity index (χ1) is 6.16. The van der Waals surface area contributed by atoms with Crippen molar-refractivity contribution in [3.8, 4) is 0 Å². The average molecular weight is 197 g/mol. The number of hydrogen-bond acceptors (Lipinski definition) is 3.